The predicted molar refractivity (Wildman–Crippen MR) is 55.5 cm³/mol. The van der Waals surface area contributed by atoms with Crippen LogP contribution in [-0.4, -0.2) is 40.2 Å². The van der Waals surface area contributed by atoms with Crippen LogP contribution < -0.4 is 5.32 Å². The second-order valence-electron chi connectivity index (χ2n) is 3.83. The molecule has 2 atom stereocenters. The highest BCUT2D eigenvalue weighted by Crippen LogP contribution is 2.25. The van der Waals surface area contributed by atoms with Crippen molar-refractivity contribution in [2.24, 2.45) is 0 Å². The van der Waals surface area contributed by atoms with Crippen LogP contribution in [0.15, 0.2) is 18.3 Å². The molecule has 15 heavy (non-hydrogen) atoms. The van der Waals surface area contributed by atoms with E-state index < -0.39 is 5.60 Å². The molecule has 0 aliphatic carbocycles. The Morgan fingerprint density at radius 2 is 2.60 bits per heavy atom. The van der Waals surface area contributed by atoms with Crippen molar-refractivity contribution in [1.29, 1.82) is 0 Å². The molecule has 2 N–H and O–H groups in total. The van der Waals surface area contributed by atoms with E-state index in [4.69, 9.17) is 4.74 Å². The quantitative estimate of drug-likeness (QED) is 0.755. The number of aromatic nitrogens is 2. The maximum absolute atomic E-state index is 10.2. The first kappa shape index (κ1) is 10.3. The lowest BCUT2D eigenvalue weighted by Gasteiger charge is -2.26. The SMILES string of the molecule is CC1OCCC1(O)CNc1cccnn1. The Bertz CT molecular complexity index is 320. The Morgan fingerprint density at radius 3 is 3.20 bits per heavy atom. The van der Waals surface area contributed by atoms with Crippen LogP contribution in [0.3, 0.4) is 0 Å². The van der Waals surface area contributed by atoms with Crippen LogP contribution in [0.2, 0.25) is 0 Å². The summed E-state index contributed by atoms with van der Waals surface area (Å²) in [5, 5.41) is 20.9. The van der Waals surface area contributed by atoms with Gasteiger partial charge < -0.3 is 15.2 Å². The lowest BCUT2D eigenvalue weighted by Crippen LogP contribution is -2.43. The third-order valence-electron chi connectivity index (χ3n) is 2.81. The topological polar surface area (TPSA) is 67.3 Å². The van der Waals surface area contributed by atoms with Crippen LogP contribution in [0.1, 0.15) is 13.3 Å². The summed E-state index contributed by atoms with van der Waals surface area (Å²) in [7, 11) is 0. The van der Waals surface area contributed by atoms with E-state index in [1.807, 2.05) is 13.0 Å². The second kappa shape index (κ2) is 4.12. The molecule has 1 aromatic rings. The van der Waals surface area contributed by atoms with Gasteiger partial charge in [-0.2, -0.15) is 5.10 Å². The highest BCUT2D eigenvalue weighted by molar-refractivity contribution is 5.32. The molecular weight excluding hydrogens is 194 g/mol. The van der Waals surface area contributed by atoms with Crippen LogP contribution >= 0.6 is 0 Å². The van der Waals surface area contributed by atoms with Crippen LogP contribution in [-0.2, 0) is 4.74 Å². The van der Waals surface area contributed by atoms with Gasteiger partial charge in [-0.05, 0) is 19.1 Å². The van der Waals surface area contributed by atoms with Gasteiger partial charge in [0, 0.05) is 25.8 Å². The normalized spacial score (nSPS) is 30.4. The second-order valence-corrected chi connectivity index (χ2v) is 3.83. The molecule has 1 saturated heterocycles. The van der Waals surface area contributed by atoms with Gasteiger partial charge >= 0.3 is 0 Å². The molecule has 5 heteroatoms. The zero-order valence-corrected chi connectivity index (χ0v) is 8.68. The fraction of sp³-hybridized carbons (Fsp3) is 0.600. The molecule has 2 rings (SSSR count). The molecular formula is C10H15N3O2. The number of nitrogens with zero attached hydrogens (tertiary/aromatic N) is 2. The number of hydrogen-bond donors (Lipinski definition) is 2. The fourth-order valence-corrected chi connectivity index (χ4v) is 1.64. The van der Waals surface area contributed by atoms with Crippen LogP contribution in [0.4, 0.5) is 5.82 Å². The Hall–Kier alpha value is -1.20. The standard InChI is InChI=1S/C10H15N3O2/c1-8-10(14,4-6-15-8)7-11-9-3-2-5-12-13-9/h2-3,5,8,14H,4,6-7H2,1H3,(H,11,13). The minimum Gasteiger partial charge on any atom is -0.385 e. The van der Waals surface area contributed by atoms with Crippen molar-refractivity contribution in [3.05, 3.63) is 18.3 Å². The average Bonchev–Trinajstić information content (AvgIpc) is 2.59. The summed E-state index contributed by atoms with van der Waals surface area (Å²) in [6.07, 6.45) is 2.13. The first-order valence-corrected chi connectivity index (χ1v) is 5.06. The van der Waals surface area contributed by atoms with Gasteiger partial charge in [0.15, 0.2) is 0 Å². The largest absolute Gasteiger partial charge is 0.385 e. The van der Waals surface area contributed by atoms with Gasteiger partial charge in [-0.3, -0.25) is 0 Å². The summed E-state index contributed by atoms with van der Waals surface area (Å²) in [4.78, 5) is 0. The molecule has 1 aliphatic heterocycles. The summed E-state index contributed by atoms with van der Waals surface area (Å²) in [6.45, 7) is 2.93. The van der Waals surface area contributed by atoms with E-state index in [1.165, 1.54) is 0 Å². The molecule has 1 aromatic heterocycles. The van der Waals surface area contributed by atoms with E-state index in [9.17, 15) is 5.11 Å². The zero-order chi connectivity index (χ0) is 10.7. The van der Waals surface area contributed by atoms with Gasteiger partial charge in [0.2, 0.25) is 0 Å². The monoisotopic (exact) mass is 209 g/mol. The predicted octanol–water partition coefficient (Wildman–Crippen LogP) is 0.428. The Labute approximate surface area is 88.5 Å². The van der Waals surface area contributed by atoms with Crippen molar-refractivity contribution in [2.75, 3.05) is 18.5 Å². The molecule has 0 radical (unpaired) electrons. The molecule has 5 nitrogen and oxygen atoms in total. The number of hydrogen-bond acceptors (Lipinski definition) is 5. The van der Waals surface area contributed by atoms with Crippen molar-refractivity contribution >= 4 is 5.82 Å². The summed E-state index contributed by atoms with van der Waals surface area (Å²) in [6, 6.07) is 3.62. The lowest BCUT2D eigenvalue weighted by atomic mass is 9.97. The Kier molecular flexibility index (Phi) is 2.83. The molecule has 0 bridgehead atoms. The molecule has 0 saturated carbocycles. The molecule has 1 aliphatic rings. The molecule has 1 fully saturated rings. The minimum absolute atomic E-state index is 0.137. The van der Waals surface area contributed by atoms with Gasteiger partial charge in [-0.15, -0.1) is 5.10 Å². The minimum atomic E-state index is -0.794. The van der Waals surface area contributed by atoms with Crippen molar-refractivity contribution in [3.63, 3.8) is 0 Å². The van der Waals surface area contributed by atoms with E-state index >= 15 is 0 Å². The summed E-state index contributed by atoms with van der Waals surface area (Å²) in [5.41, 5.74) is -0.794. The van der Waals surface area contributed by atoms with Gasteiger partial charge in [0.05, 0.1) is 6.10 Å². The van der Waals surface area contributed by atoms with Crippen molar-refractivity contribution < 1.29 is 9.84 Å². The number of anilines is 1. The van der Waals surface area contributed by atoms with E-state index in [0.717, 1.165) is 0 Å². The van der Waals surface area contributed by atoms with Crippen molar-refractivity contribution in [3.8, 4) is 0 Å². The molecule has 2 heterocycles. The van der Waals surface area contributed by atoms with Crippen LogP contribution in [0.5, 0.6) is 0 Å². The molecule has 2 unspecified atom stereocenters. The number of ether oxygens (including phenoxy) is 1. The van der Waals surface area contributed by atoms with Gasteiger partial charge in [-0.1, -0.05) is 0 Å². The maximum atomic E-state index is 10.2. The highest BCUT2D eigenvalue weighted by Gasteiger charge is 2.39. The third kappa shape index (κ3) is 2.24. The summed E-state index contributed by atoms with van der Waals surface area (Å²) < 4.78 is 5.33. The summed E-state index contributed by atoms with van der Waals surface area (Å²) in [5.74, 6) is 0.671. The highest BCUT2D eigenvalue weighted by atomic mass is 16.5. The molecule has 82 valence electrons. The maximum Gasteiger partial charge on any atom is 0.148 e. The van der Waals surface area contributed by atoms with Gasteiger partial charge in [-0.25, -0.2) is 0 Å². The fourth-order valence-electron chi connectivity index (χ4n) is 1.64. The third-order valence-corrected chi connectivity index (χ3v) is 2.81. The summed E-state index contributed by atoms with van der Waals surface area (Å²) >= 11 is 0. The van der Waals surface area contributed by atoms with E-state index in [2.05, 4.69) is 15.5 Å². The Morgan fingerprint density at radius 1 is 1.73 bits per heavy atom. The van der Waals surface area contributed by atoms with E-state index in [-0.39, 0.29) is 6.10 Å². The van der Waals surface area contributed by atoms with Crippen molar-refractivity contribution in [1.82, 2.24) is 10.2 Å². The molecule has 0 spiro atoms. The molecule has 0 amide bonds. The van der Waals surface area contributed by atoms with E-state index in [0.29, 0.717) is 25.4 Å². The van der Waals surface area contributed by atoms with Crippen molar-refractivity contribution in [2.45, 2.75) is 25.0 Å². The Balaban J connectivity index is 1.93. The van der Waals surface area contributed by atoms with E-state index in [1.54, 1.807) is 12.3 Å². The van der Waals surface area contributed by atoms with Crippen LogP contribution in [0.25, 0.3) is 0 Å². The smallest absolute Gasteiger partial charge is 0.148 e. The number of aliphatic hydroxyl groups is 1. The molecule has 0 aromatic carbocycles. The van der Waals surface area contributed by atoms with Crippen LogP contribution in [0, 0.1) is 0 Å². The first-order chi connectivity index (χ1) is 7.21. The first-order valence-electron chi connectivity index (χ1n) is 5.06. The number of nitrogens with one attached hydrogen (secondary N) is 1. The lowest BCUT2D eigenvalue weighted by molar-refractivity contribution is -0.0176. The average molecular weight is 209 g/mol. The van der Waals surface area contributed by atoms with Gasteiger partial charge in [0.1, 0.15) is 11.4 Å². The number of rotatable bonds is 3. The zero-order valence-electron chi connectivity index (χ0n) is 8.68. The van der Waals surface area contributed by atoms with Gasteiger partial charge in [0.25, 0.3) is 0 Å².